The minimum absolute atomic E-state index is 0. The molecular formula is C34H35Cl2F2N7O3S. The molecule has 0 bridgehead atoms. The van der Waals surface area contributed by atoms with Gasteiger partial charge < -0.3 is 27.2 Å². The van der Waals surface area contributed by atoms with Gasteiger partial charge in [-0.3, -0.25) is 5.32 Å². The molecule has 2 N–H and O–H groups in total. The summed E-state index contributed by atoms with van der Waals surface area (Å²) in [6.07, 6.45) is 2.09. The number of quaternary nitrogens is 1. The standard InChI is InChI=1S/C34H33F2N7O3S.2ClH/c1-23(32-40-31(19-47-32)25-10-8-24(17-37)9-11-25)34(45,28-16-27(35)12-13-29(28)36)20-43(22-38-21-39-43)14-15-46-33(44)41-30-7-5-4-6-26(30)18-42(2)3;;/h4-13,16,19,21-23,45H,14-15,18,20H2,1-3H3;2*1H/t23-,34+,43?;;/m0../s1. The Balaban J connectivity index is 0.00000325. The van der Waals surface area contributed by atoms with Crippen molar-refractivity contribution in [2.24, 2.45) is 10.1 Å². The fourth-order valence-corrected chi connectivity index (χ4v) is 6.37. The normalized spacial score (nSPS) is 16.6. The number of ether oxygens (including phenoxy) is 1. The van der Waals surface area contributed by atoms with Crippen LogP contribution in [0.5, 0.6) is 0 Å². The van der Waals surface area contributed by atoms with Crippen molar-refractivity contribution in [1.29, 1.82) is 5.26 Å². The van der Waals surface area contributed by atoms with Crippen LogP contribution in [0, 0.1) is 23.0 Å². The quantitative estimate of drug-likeness (QED) is 0.216. The Kier molecular flexibility index (Phi) is 13.5. The van der Waals surface area contributed by atoms with Gasteiger partial charge in [-0.25, -0.2) is 18.6 Å². The maximum atomic E-state index is 15.4. The predicted octanol–water partition coefficient (Wildman–Crippen LogP) is 3.49. The molecule has 10 nitrogen and oxygen atoms in total. The molecule has 0 radical (unpaired) electrons. The summed E-state index contributed by atoms with van der Waals surface area (Å²) in [5, 5.41) is 31.1. The summed E-state index contributed by atoms with van der Waals surface area (Å²) in [5.41, 5.74) is 1.11. The summed E-state index contributed by atoms with van der Waals surface area (Å²) in [5.74, 6) is -2.36. The number of carbonyl (C=O) groups is 1. The van der Waals surface area contributed by atoms with Crippen LogP contribution in [0.2, 0.25) is 0 Å². The molecule has 5 rings (SSSR count). The summed E-state index contributed by atoms with van der Waals surface area (Å²) >= 11 is 1.27. The average Bonchev–Trinajstić information content (AvgIpc) is 3.73. The maximum Gasteiger partial charge on any atom is 0.411 e. The van der Waals surface area contributed by atoms with Gasteiger partial charge in [0, 0.05) is 34.7 Å². The van der Waals surface area contributed by atoms with Crippen molar-refractivity contribution in [2.45, 2.75) is 25.0 Å². The average molecular weight is 731 g/mol. The highest BCUT2D eigenvalue weighted by Crippen LogP contribution is 2.42. The Bertz CT molecular complexity index is 1840. The first kappa shape index (κ1) is 39.2. The van der Waals surface area contributed by atoms with Crippen molar-refractivity contribution in [3.8, 4) is 17.3 Å². The maximum absolute atomic E-state index is 15.4. The van der Waals surface area contributed by atoms with Crippen molar-refractivity contribution in [3.63, 3.8) is 0 Å². The van der Waals surface area contributed by atoms with Crippen molar-refractivity contribution >= 4 is 48.2 Å². The number of carbonyl (C=O) groups excluding carboxylic acids is 1. The number of hydrogen-bond donors (Lipinski definition) is 2. The second kappa shape index (κ2) is 16.9. The van der Waals surface area contributed by atoms with E-state index in [1.165, 1.54) is 24.0 Å². The van der Waals surface area contributed by atoms with E-state index in [0.29, 0.717) is 28.5 Å². The molecule has 1 amide bonds. The Labute approximate surface area is 299 Å². The van der Waals surface area contributed by atoms with E-state index in [1.54, 1.807) is 42.6 Å². The molecule has 1 aliphatic rings. The van der Waals surface area contributed by atoms with Gasteiger partial charge in [0.25, 0.3) is 0 Å². The van der Waals surface area contributed by atoms with Crippen LogP contribution < -0.4 is 17.7 Å². The van der Waals surface area contributed by atoms with Gasteiger partial charge >= 0.3 is 6.09 Å². The zero-order valence-corrected chi connectivity index (χ0v) is 29.3. The Morgan fingerprint density at radius 1 is 1.16 bits per heavy atom. The first-order chi connectivity index (χ1) is 22.5. The van der Waals surface area contributed by atoms with Crippen molar-refractivity contribution in [1.82, 2.24) is 9.88 Å². The van der Waals surface area contributed by atoms with E-state index in [9.17, 15) is 14.3 Å². The fourth-order valence-electron chi connectivity index (χ4n) is 5.40. The number of hydrogen-bond acceptors (Lipinski definition) is 9. The van der Waals surface area contributed by atoms with Gasteiger partial charge in [0.05, 0.1) is 22.3 Å². The lowest BCUT2D eigenvalue weighted by Gasteiger charge is -2.38. The SMILES string of the molecule is C[C@@H](c1nc(-c2ccc(C#N)cc2)cs1)[C@](O)(C[N+]1(CCOC(=O)Nc2ccccc2CN(C)C)C=NC=N1)c1cc(F)ccc1F.Cl.[Cl-]. The Morgan fingerprint density at radius 2 is 1.90 bits per heavy atom. The van der Waals surface area contributed by atoms with Gasteiger partial charge in [-0.15, -0.1) is 28.3 Å². The number of anilines is 1. The van der Waals surface area contributed by atoms with E-state index in [2.05, 4.69) is 21.5 Å². The zero-order valence-electron chi connectivity index (χ0n) is 26.9. The molecule has 0 fully saturated rings. The molecule has 0 saturated carbocycles. The van der Waals surface area contributed by atoms with Crippen LogP contribution >= 0.6 is 23.7 Å². The number of nitriles is 1. The second-order valence-corrected chi connectivity index (χ2v) is 12.4. The van der Waals surface area contributed by atoms with Gasteiger partial charge in [0.2, 0.25) is 6.34 Å². The number of aliphatic imine (C=N–C) groups is 1. The van der Waals surface area contributed by atoms with Crippen LogP contribution in [0.15, 0.2) is 82.2 Å². The number of aromatic nitrogens is 1. The van der Waals surface area contributed by atoms with E-state index in [-0.39, 0.29) is 54.7 Å². The summed E-state index contributed by atoms with van der Waals surface area (Å²) < 4.78 is 35.2. The van der Waals surface area contributed by atoms with E-state index < -0.39 is 29.2 Å². The number of thiazole rings is 1. The summed E-state index contributed by atoms with van der Waals surface area (Å²) in [4.78, 5) is 23.6. The number of halogens is 4. The van der Waals surface area contributed by atoms with Crippen molar-refractivity contribution < 1.29 is 40.4 Å². The molecule has 2 heterocycles. The number of aliphatic hydroxyl groups is 1. The third kappa shape index (κ3) is 9.24. The Morgan fingerprint density at radius 3 is 2.57 bits per heavy atom. The lowest BCUT2D eigenvalue weighted by molar-refractivity contribution is -0.848. The topological polar surface area (TPSA) is 123 Å². The third-order valence-electron chi connectivity index (χ3n) is 7.91. The molecule has 0 spiro atoms. The lowest BCUT2D eigenvalue weighted by atomic mass is 9.81. The van der Waals surface area contributed by atoms with Crippen LogP contribution in [0.3, 0.4) is 0 Å². The molecule has 3 aromatic carbocycles. The number of rotatable bonds is 12. The van der Waals surface area contributed by atoms with E-state index in [1.807, 2.05) is 37.2 Å². The largest absolute Gasteiger partial charge is 1.00 e. The molecular weight excluding hydrogens is 695 g/mol. The van der Waals surface area contributed by atoms with Gasteiger partial charge in [-0.05, 0) is 56.1 Å². The highest BCUT2D eigenvalue weighted by atomic mass is 35.5. The molecule has 1 unspecified atom stereocenters. The molecule has 1 aromatic heterocycles. The highest BCUT2D eigenvalue weighted by Gasteiger charge is 2.49. The molecule has 15 heteroatoms. The van der Waals surface area contributed by atoms with Crippen LogP contribution in [0.4, 0.5) is 19.3 Å². The molecule has 1 aliphatic heterocycles. The molecule has 0 aliphatic carbocycles. The number of para-hydroxylation sites is 1. The second-order valence-electron chi connectivity index (χ2n) is 11.6. The molecule has 0 saturated heterocycles. The van der Waals surface area contributed by atoms with Crippen LogP contribution in [0.1, 0.15) is 34.5 Å². The van der Waals surface area contributed by atoms with E-state index >= 15 is 4.39 Å². The summed E-state index contributed by atoms with van der Waals surface area (Å²) in [7, 11) is 3.85. The lowest BCUT2D eigenvalue weighted by Crippen LogP contribution is -3.00. The minimum Gasteiger partial charge on any atom is -1.00 e. The monoisotopic (exact) mass is 729 g/mol. The number of nitrogens with one attached hydrogen (secondary N) is 1. The summed E-state index contributed by atoms with van der Waals surface area (Å²) in [6.45, 7) is 1.96. The van der Waals surface area contributed by atoms with Crippen LogP contribution in [0.25, 0.3) is 11.3 Å². The van der Waals surface area contributed by atoms with Crippen molar-refractivity contribution in [2.75, 3.05) is 39.1 Å². The van der Waals surface area contributed by atoms with Crippen LogP contribution in [-0.2, 0) is 16.9 Å². The third-order valence-corrected chi connectivity index (χ3v) is 8.94. The minimum atomic E-state index is -2.03. The molecule has 3 atom stereocenters. The molecule has 258 valence electrons. The first-order valence-electron chi connectivity index (χ1n) is 14.8. The van der Waals surface area contributed by atoms with Gasteiger partial charge in [0.1, 0.15) is 31.3 Å². The molecule has 49 heavy (non-hydrogen) atoms. The van der Waals surface area contributed by atoms with E-state index in [0.717, 1.165) is 29.3 Å². The van der Waals surface area contributed by atoms with Gasteiger partial charge in [0.15, 0.2) is 11.9 Å². The number of amides is 1. The first-order valence-corrected chi connectivity index (χ1v) is 15.7. The number of nitrogens with zero attached hydrogens (tertiary/aromatic N) is 6. The zero-order chi connectivity index (χ0) is 33.6. The van der Waals surface area contributed by atoms with Crippen LogP contribution in [-0.4, -0.2) is 72.1 Å². The molecule has 4 aromatic rings. The smallest absolute Gasteiger partial charge is 0.411 e. The fraction of sp³-hybridized carbons (Fsp3) is 0.265. The number of benzene rings is 3. The summed E-state index contributed by atoms with van der Waals surface area (Å²) in [6, 6.07) is 19.3. The highest BCUT2D eigenvalue weighted by molar-refractivity contribution is 7.10. The predicted molar refractivity (Wildman–Crippen MR) is 184 cm³/mol. The van der Waals surface area contributed by atoms with Gasteiger partial charge in [-0.1, -0.05) is 42.4 Å². The van der Waals surface area contributed by atoms with E-state index in [4.69, 9.17) is 15.0 Å². The van der Waals surface area contributed by atoms with Gasteiger partial charge in [-0.2, -0.15) is 10.3 Å². The Hall–Kier alpha value is -4.29. The van der Waals surface area contributed by atoms with Crippen molar-refractivity contribution in [3.05, 3.63) is 105 Å².